The molecule has 3 rings (SSSR count). The number of hydrogen-bond donors (Lipinski definition) is 0. The highest BCUT2D eigenvalue weighted by atomic mass is 79.9. The van der Waals surface area contributed by atoms with Crippen molar-refractivity contribution < 1.29 is 4.79 Å². The van der Waals surface area contributed by atoms with E-state index in [0.29, 0.717) is 11.1 Å². The number of carbonyl (C=O) groups is 1. The highest BCUT2D eigenvalue weighted by Crippen LogP contribution is 2.26. The second-order valence-electron chi connectivity index (χ2n) is 4.67. The van der Waals surface area contributed by atoms with Crippen molar-refractivity contribution in [3.63, 3.8) is 0 Å². The average Bonchev–Trinajstić information content (AvgIpc) is 2.49. The third kappa shape index (κ3) is 2.14. The quantitative estimate of drug-likeness (QED) is 0.647. The van der Waals surface area contributed by atoms with E-state index in [-0.39, 0.29) is 5.78 Å². The van der Waals surface area contributed by atoms with Crippen LogP contribution in [0.2, 0.25) is 0 Å². The zero-order valence-corrected chi connectivity index (χ0v) is 12.5. The van der Waals surface area contributed by atoms with Crippen LogP contribution in [0.3, 0.4) is 0 Å². The van der Waals surface area contributed by atoms with Crippen LogP contribution in [0.5, 0.6) is 0 Å². The molecular formula is C17H12BrNO. The van der Waals surface area contributed by atoms with Crippen molar-refractivity contribution in [2.45, 2.75) is 6.92 Å². The molecule has 0 spiro atoms. The zero-order valence-electron chi connectivity index (χ0n) is 10.9. The topological polar surface area (TPSA) is 30.0 Å². The summed E-state index contributed by atoms with van der Waals surface area (Å²) in [6, 6.07) is 13.4. The summed E-state index contributed by atoms with van der Waals surface area (Å²) < 4.78 is 0.853. The molecule has 0 aliphatic rings. The van der Waals surface area contributed by atoms with Gasteiger partial charge in [-0.2, -0.15) is 0 Å². The number of halogens is 1. The monoisotopic (exact) mass is 325 g/mol. The molecule has 2 aromatic carbocycles. The summed E-state index contributed by atoms with van der Waals surface area (Å²) in [6.45, 7) is 1.98. The van der Waals surface area contributed by atoms with Gasteiger partial charge in [0.25, 0.3) is 0 Å². The van der Waals surface area contributed by atoms with Crippen LogP contribution in [-0.4, -0.2) is 10.8 Å². The van der Waals surface area contributed by atoms with E-state index in [0.717, 1.165) is 20.8 Å². The lowest BCUT2D eigenvalue weighted by Gasteiger charge is -2.08. The molecule has 0 fully saturated rings. The van der Waals surface area contributed by atoms with E-state index in [1.54, 1.807) is 12.4 Å². The van der Waals surface area contributed by atoms with Crippen LogP contribution >= 0.6 is 15.9 Å². The summed E-state index contributed by atoms with van der Waals surface area (Å²) in [6.07, 6.45) is 3.48. The normalized spacial score (nSPS) is 10.7. The summed E-state index contributed by atoms with van der Waals surface area (Å²) in [5, 5.41) is 1.91. The first-order valence-corrected chi connectivity index (χ1v) is 7.10. The van der Waals surface area contributed by atoms with E-state index in [1.165, 1.54) is 0 Å². The number of rotatable bonds is 2. The first-order valence-electron chi connectivity index (χ1n) is 6.31. The number of nitrogens with zero attached hydrogens (tertiary/aromatic N) is 1. The third-order valence-electron chi connectivity index (χ3n) is 3.36. The van der Waals surface area contributed by atoms with E-state index in [1.807, 2.05) is 49.4 Å². The number of benzene rings is 2. The van der Waals surface area contributed by atoms with Gasteiger partial charge in [-0.15, -0.1) is 0 Å². The molecule has 1 aromatic heterocycles. The molecule has 1 heterocycles. The highest BCUT2D eigenvalue weighted by Gasteiger charge is 2.15. The van der Waals surface area contributed by atoms with Crippen LogP contribution in [-0.2, 0) is 0 Å². The minimum atomic E-state index is 0.0131. The Kier molecular flexibility index (Phi) is 3.36. The highest BCUT2D eigenvalue weighted by molar-refractivity contribution is 9.10. The predicted octanol–water partition coefficient (Wildman–Crippen LogP) is 4.54. The van der Waals surface area contributed by atoms with Crippen LogP contribution in [0, 0.1) is 6.92 Å². The molecule has 0 aliphatic carbocycles. The summed E-state index contributed by atoms with van der Waals surface area (Å²) >= 11 is 3.51. The van der Waals surface area contributed by atoms with Gasteiger partial charge in [-0.25, -0.2) is 0 Å². The lowest BCUT2D eigenvalue weighted by molar-refractivity contribution is 0.103. The Morgan fingerprint density at radius 2 is 1.80 bits per heavy atom. The van der Waals surface area contributed by atoms with Gasteiger partial charge in [-0.3, -0.25) is 9.78 Å². The van der Waals surface area contributed by atoms with Gasteiger partial charge < -0.3 is 0 Å². The Morgan fingerprint density at radius 3 is 2.65 bits per heavy atom. The van der Waals surface area contributed by atoms with Gasteiger partial charge in [0.05, 0.1) is 0 Å². The number of pyridine rings is 1. The maximum atomic E-state index is 12.8. The van der Waals surface area contributed by atoms with Gasteiger partial charge in [0.1, 0.15) is 0 Å². The smallest absolute Gasteiger partial charge is 0.194 e. The number of ketones is 1. The van der Waals surface area contributed by atoms with E-state index in [4.69, 9.17) is 0 Å². The van der Waals surface area contributed by atoms with Gasteiger partial charge >= 0.3 is 0 Å². The Labute approximate surface area is 125 Å². The van der Waals surface area contributed by atoms with E-state index < -0.39 is 0 Å². The van der Waals surface area contributed by atoms with E-state index >= 15 is 0 Å². The van der Waals surface area contributed by atoms with Gasteiger partial charge in [-0.05, 0) is 45.9 Å². The average molecular weight is 326 g/mol. The van der Waals surface area contributed by atoms with Crippen molar-refractivity contribution in [3.8, 4) is 0 Å². The van der Waals surface area contributed by atoms with Gasteiger partial charge in [-0.1, -0.05) is 30.3 Å². The van der Waals surface area contributed by atoms with E-state index in [9.17, 15) is 4.79 Å². The molecular weight excluding hydrogens is 314 g/mol. The van der Waals surface area contributed by atoms with Crippen LogP contribution in [0.1, 0.15) is 21.5 Å². The second kappa shape index (κ2) is 5.17. The fraction of sp³-hybridized carbons (Fsp3) is 0.0588. The largest absolute Gasteiger partial charge is 0.289 e. The molecule has 0 N–H and O–H groups in total. The van der Waals surface area contributed by atoms with Crippen molar-refractivity contribution >= 4 is 32.5 Å². The number of carbonyl (C=O) groups excluding carboxylic acids is 1. The number of hydrogen-bond acceptors (Lipinski definition) is 2. The first kappa shape index (κ1) is 13.0. The Balaban J connectivity index is 2.21. The third-order valence-corrected chi connectivity index (χ3v) is 4.42. The molecule has 3 aromatic rings. The predicted molar refractivity (Wildman–Crippen MR) is 84.1 cm³/mol. The Bertz CT molecular complexity index is 806. The molecule has 0 saturated heterocycles. The molecule has 0 bridgehead atoms. The summed E-state index contributed by atoms with van der Waals surface area (Å²) in [7, 11) is 0. The minimum absolute atomic E-state index is 0.0131. The second-order valence-corrected chi connectivity index (χ2v) is 5.46. The standard InChI is InChI=1S/C17H12BrNO/c1-11-4-2-7-14(16(11)18)17(20)13-6-3-5-12-8-9-19-10-15(12)13/h2-10H,1H3. The number of aryl methyl sites for hydroxylation is 1. The Hall–Kier alpha value is -2.00. The lowest BCUT2D eigenvalue weighted by atomic mass is 9.97. The van der Waals surface area contributed by atoms with Crippen molar-refractivity contribution in [1.29, 1.82) is 0 Å². The summed E-state index contributed by atoms with van der Waals surface area (Å²) in [5.41, 5.74) is 2.41. The summed E-state index contributed by atoms with van der Waals surface area (Å²) in [4.78, 5) is 16.9. The molecule has 0 aliphatic heterocycles. The summed E-state index contributed by atoms with van der Waals surface area (Å²) in [5.74, 6) is 0.0131. The van der Waals surface area contributed by atoms with Crippen LogP contribution in [0.25, 0.3) is 10.8 Å². The van der Waals surface area contributed by atoms with Crippen molar-refractivity contribution in [1.82, 2.24) is 4.98 Å². The molecule has 0 saturated carbocycles. The molecule has 0 unspecified atom stereocenters. The lowest BCUT2D eigenvalue weighted by Crippen LogP contribution is -2.04. The van der Waals surface area contributed by atoms with Crippen LogP contribution < -0.4 is 0 Å². The zero-order chi connectivity index (χ0) is 14.1. The Morgan fingerprint density at radius 1 is 1.05 bits per heavy atom. The maximum Gasteiger partial charge on any atom is 0.194 e. The molecule has 98 valence electrons. The maximum absolute atomic E-state index is 12.8. The SMILES string of the molecule is Cc1cccc(C(=O)c2cccc3ccncc23)c1Br. The first-order chi connectivity index (χ1) is 9.68. The number of fused-ring (bicyclic) bond motifs is 1. The van der Waals surface area contributed by atoms with Crippen molar-refractivity contribution in [2.24, 2.45) is 0 Å². The fourth-order valence-electron chi connectivity index (χ4n) is 2.28. The minimum Gasteiger partial charge on any atom is -0.289 e. The molecule has 20 heavy (non-hydrogen) atoms. The van der Waals surface area contributed by atoms with Crippen molar-refractivity contribution in [2.75, 3.05) is 0 Å². The molecule has 0 amide bonds. The molecule has 2 nitrogen and oxygen atoms in total. The molecule has 0 radical (unpaired) electrons. The van der Waals surface area contributed by atoms with Gasteiger partial charge in [0, 0.05) is 33.4 Å². The fourth-order valence-corrected chi connectivity index (χ4v) is 2.72. The molecule has 3 heteroatoms. The van der Waals surface area contributed by atoms with Gasteiger partial charge in [0.15, 0.2) is 5.78 Å². The van der Waals surface area contributed by atoms with Crippen LogP contribution in [0.4, 0.5) is 0 Å². The van der Waals surface area contributed by atoms with E-state index in [2.05, 4.69) is 20.9 Å². The number of aromatic nitrogens is 1. The van der Waals surface area contributed by atoms with Crippen LogP contribution in [0.15, 0.2) is 59.3 Å². The van der Waals surface area contributed by atoms with Crippen molar-refractivity contribution in [3.05, 3.63) is 76.0 Å². The molecule has 0 atom stereocenters. The van der Waals surface area contributed by atoms with Gasteiger partial charge in [0.2, 0.25) is 0 Å².